The summed E-state index contributed by atoms with van der Waals surface area (Å²) in [6.07, 6.45) is 9.45. The Labute approximate surface area is 188 Å². The molecule has 0 aromatic carbocycles. The zero-order valence-electron chi connectivity index (χ0n) is 17.3. The molecular formula is C22H21ClFN7O. The number of nitrogens with zero attached hydrogens (tertiary/aromatic N) is 5. The van der Waals surface area contributed by atoms with Gasteiger partial charge >= 0.3 is 0 Å². The number of hydrogen-bond donors (Lipinski definition) is 2. The monoisotopic (exact) mass is 453 g/mol. The van der Waals surface area contributed by atoms with Crippen LogP contribution in [0.3, 0.4) is 0 Å². The second-order valence-corrected chi connectivity index (χ2v) is 9.12. The molecule has 0 saturated heterocycles. The van der Waals surface area contributed by atoms with E-state index < -0.39 is 5.82 Å². The van der Waals surface area contributed by atoms with Gasteiger partial charge in [0.15, 0.2) is 34.6 Å². The minimum atomic E-state index is -0.553. The van der Waals surface area contributed by atoms with E-state index in [1.54, 1.807) is 12.3 Å². The predicted octanol–water partition coefficient (Wildman–Crippen LogP) is 5.10. The Hall–Kier alpha value is -3.07. The second kappa shape index (κ2) is 7.51. The highest BCUT2D eigenvalue weighted by Gasteiger charge is 2.41. The maximum atomic E-state index is 15.6. The van der Waals surface area contributed by atoms with Gasteiger partial charge in [0.2, 0.25) is 0 Å². The van der Waals surface area contributed by atoms with Gasteiger partial charge in [-0.1, -0.05) is 23.7 Å². The number of H-pyrrole nitrogens is 1. The third-order valence-corrected chi connectivity index (χ3v) is 7.23. The third kappa shape index (κ3) is 3.14. The van der Waals surface area contributed by atoms with Crippen molar-refractivity contribution in [3.8, 4) is 22.8 Å². The van der Waals surface area contributed by atoms with E-state index >= 15 is 4.39 Å². The topological polar surface area (TPSA) is 105 Å². The van der Waals surface area contributed by atoms with Crippen LogP contribution >= 0.6 is 11.6 Å². The molecule has 2 bridgehead atoms. The lowest BCUT2D eigenvalue weighted by Gasteiger charge is -2.47. The summed E-state index contributed by atoms with van der Waals surface area (Å²) in [7, 11) is 0. The van der Waals surface area contributed by atoms with E-state index in [9.17, 15) is 0 Å². The van der Waals surface area contributed by atoms with Crippen molar-refractivity contribution in [1.29, 1.82) is 0 Å². The van der Waals surface area contributed by atoms with Crippen molar-refractivity contribution >= 4 is 28.6 Å². The molecule has 2 N–H and O–H groups in total. The zero-order valence-corrected chi connectivity index (χ0v) is 18.1. The molecule has 164 valence electrons. The summed E-state index contributed by atoms with van der Waals surface area (Å²) in [4.78, 5) is 20.7. The van der Waals surface area contributed by atoms with Crippen molar-refractivity contribution in [1.82, 2.24) is 30.1 Å². The summed E-state index contributed by atoms with van der Waals surface area (Å²) >= 11 is 6.06. The van der Waals surface area contributed by atoms with Crippen LogP contribution in [-0.4, -0.2) is 36.1 Å². The number of aromatic nitrogens is 6. The molecular weight excluding hydrogens is 433 g/mol. The minimum absolute atomic E-state index is 0.0490. The molecule has 0 amide bonds. The van der Waals surface area contributed by atoms with Crippen LogP contribution in [-0.2, 0) is 0 Å². The van der Waals surface area contributed by atoms with Gasteiger partial charge in [-0.15, -0.1) is 0 Å². The first-order chi connectivity index (χ1) is 15.6. The first kappa shape index (κ1) is 19.6. The summed E-state index contributed by atoms with van der Waals surface area (Å²) in [6, 6.07) is 1.75. The highest BCUT2D eigenvalue weighted by Crippen LogP contribution is 2.46. The lowest BCUT2D eigenvalue weighted by Crippen LogP contribution is -2.47. The van der Waals surface area contributed by atoms with Crippen LogP contribution in [0, 0.1) is 23.6 Å². The fraction of sp³-hybridized carbons (Fsp3) is 0.409. The molecule has 3 aliphatic rings. The number of halogens is 2. The van der Waals surface area contributed by atoms with Gasteiger partial charge in [-0.3, -0.25) is 0 Å². The number of nitrogens with one attached hydrogen (secondary N) is 2. The first-order valence-corrected chi connectivity index (χ1v) is 11.2. The highest BCUT2D eigenvalue weighted by molar-refractivity contribution is 6.29. The molecule has 2 atom stereocenters. The third-order valence-electron chi connectivity index (χ3n) is 7.05. The van der Waals surface area contributed by atoms with Crippen molar-refractivity contribution in [2.24, 2.45) is 17.8 Å². The molecule has 0 radical (unpaired) electrons. The van der Waals surface area contributed by atoms with Crippen LogP contribution in [0.15, 0.2) is 29.2 Å². The maximum absolute atomic E-state index is 15.6. The van der Waals surface area contributed by atoms with Gasteiger partial charge in [0.05, 0.1) is 18.0 Å². The molecule has 0 unspecified atom stereocenters. The number of rotatable bonds is 4. The molecule has 8 nitrogen and oxygen atoms in total. The molecule has 7 rings (SSSR count). The molecule has 3 fully saturated rings. The molecule has 3 saturated carbocycles. The standard InChI is InChI=1S/C22H21ClFN7O/c1-10-11-2-4-12(5-3-11)17(10)29-21-16(24)19(14-6-7-27-32-14)30-20(31-21)13-8-25-22-18(13)28-15(23)9-26-22/h6-12,17H,2-5H2,1H3,(H,25,26)(H,29,30,31)/t10-,11?,12?,17+/m0/s1. The van der Waals surface area contributed by atoms with Crippen molar-refractivity contribution < 1.29 is 8.91 Å². The van der Waals surface area contributed by atoms with Crippen LogP contribution in [0.5, 0.6) is 0 Å². The van der Waals surface area contributed by atoms with Gasteiger partial charge in [-0.05, 0) is 43.4 Å². The molecule has 0 spiro atoms. The van der Waals surface area contributed by atoms with Crippen molar-refractivity contribution in [3.63, 3.8) is 0 Å². The van der Waals surface area contributed by atoms with E-state index in [-0.39, 0.29) is 28.5 Å². The van der Waals surface area contributed by atoms with E-state index in [2.05, 4.69) is 42.3 Å². The molecule has 4 aromatic rings. The van der Waals surface area contributed by atoms with Gasteiger partial charge in [0.25, 0.3) is 0 Å². The molecule has 10 heteroatoms. The van der Waals surface area contributed by atoms with Crippen LogP contribution in [0.1, 0.15) is 32.6 Å². The predicted molar refractivity (Wildman–Crippen MR) is 117 cm³/mol. The SMILES string of the molecule is C[C@H]1C2CCC(CC2)[C@@H]1Nc1nc(-c2c[nH]c3ncc(Cl)nc23)nc(-c2ccno2)c1F. The Morgan fingerprint density at radius 3 is 2.72 bits per heavy atom. The first-order valence-electron chi connectivity index (χ1n) is 10.8. The Kier molecular flexibility index (Phi) is 4.60. The molecule has 4 heterocycles. The van der Waals surface area contributed by atoms with E-state index in [1.807, 2.05) is 0 Å². The second-order valence-electron chi connectivity index (χ2n) is 8.73. The van der Waals surface area contributed by atoms with Gasteiger partial charge in [-0.2, -0.15) is 0 Å². The van der Waals surface area contributed by atoms with Crippen LogP contribution in [0.25, 0.3) is 34.0 Å². The number of hydrogen-bond acceptors (Lipinski definition) is 7. The van der Waals surface area contributed by atoms with E-state index in [1.165, 1.54) is 25.2 Å². The van der Waals surface area contributed by atoms with Gasteiger partial charge in [-0.25, -0.2) is 24.3 Å². The lowest BCUT2D eigenvalue weighted by molar-refractivity contribution is 0.0926. The van der Waals surface area contributed by atoms with Gasteiger partial charge < -0.3 is 14.8 Å². The minimum Gasteiger partial charge on any atom is -0.364 e. The van der Waals surface area contributed by atoms with E-state index in [4.69, 9.17) is 16.1 Å². The van der Waals surface area contributed by atoms with Crippen molar-refractivity contribution in [3.05, 3.63) is 35.6 Å². The largest absolute Gasteiger partial charge is 0.364 e. The summed E-state index contributed by atoms with van der Waals surface area (Å²) in [6.45, 7) is 2.25. The summed E-state index contributed by atoms with van der Waals surface area (Å²) in [5.41, 5.74) is 1.69. The van der Waals surface area contributed by atoms with Gasteiger partial charge in [0, 0.05) is 18.3 Å². The molecule has 32 heavy (non-hydrogen) atoms. The average Bonchev–Trinajstić information content (AvgIpc) is 3.48. The van der Waals surface area contributed by atoms with Crippen molar-refractivity contribution in [2.75, 3.05) is 5.32 Å². The smallest absolute Gasteiger partial charge is 0.195 e. The highest BCUT2D eigenvalue weighted by atomic mass is 35.5. The van der Waals surface area contributed by atoms with E-state index in [0.29, 0.717) is 40.3 Å². The lowest BCUT2D eigenvalue weighted by atomic mass is 9.62. The molecule has 4 aromatic heterocycles. The Morgan fingerprint density at radius 2 is 1.97 bits per heavy atom. The maximum Gasteiger partial charge on any atom is 0.195 e. The molecule has 0 aliphatic heterocycles. The average molecular weight is 454 g/mol. The number of aromatic amines is 1. The summed E-state index contributed by atoms with van der Waals surface area (Å²) in [5, 5.41) is 7.40. The quantitative estimate of drug-likeness (QED) is 0.442. The van der Waals surface area contributed by atoms with Crippen LogP contribution in [0.2, 0.25) is 5.15 Å². The Bertz CT molecular complexity index is 1280. The number of fused-ring (bicyclic) bond motifs is 4. The normalized spacial score (nSPS) is 24.8. The van der Waals surface area contributed by atoms with E-state index in [0.717, 1.165) is 12.8 Å². The van der Waals surface area contributed by atoms with Crippen molar-refractivity contribution in [2.45, 2.75) is 38.6 Å². The summed E-state index contributed by atoms with van der Waals surface area (Å²) in [5.74, 6) is 1.78. The fourth-order valence-electron chi connectivity index (χ4n) is 5.36. The van der Waals surface area contributed by atoms with Crippen LogP contribution in [0.4, 0.5) is 10.2 Å². The summed E-state index contributed by atoms with van der Waals surface area (Å²) < 4.78 is 20.9. The Balaban J connectivity index is 1.48. The fourth-order valence-corrected chi connectivity index (χ4v) is 5.50. The number of anilines is 1. The van der Waals surface area contributed by atoms with Crippen LogP contribution < -0.4 is 5.32 Å². The Morgan fingerprint density at radius 1 is 1.16 bits per heavy atom. The molecule has 3 aliphatic carbocycles. The van der Waals surface area contributed by atoms with Gasteiger partial charge in [0.1, 0.15) is 10.7 Å². The zero-order chi connectivity index (χ0) is 21.8.